The van der Waals surface area contributed by atoms with Gasteiger partial charge in [-0.05, 0) is 43.5 Å². The first-order valence-electron chi connectivity index (χ1n) is 11.0. The maximum atomic E-state index is 12.9. The average Bonchev–Trinajstić information content (AvgIpc) is 3.24. The van der Waals surface area contributed by atoms with Crippen LogP contribution in [0.2, 0.25) is 0 Å². The molecule has 0 aromatic carbocycles. The Kier molecular flexibility index (Phi) is 7.94. The van der Waals surface area contributed by atoms with Gasteiger partial charge in [-0.3, -0.25) is 14.5 Å². The summed E-state index contributed by atoms with van der Waals surface area (Å²) < 4.78 is 45.6. The minimum absolute atomic E-state index is 0. The van der Waals surface area contributed by atoms with Gasteiger partial charge in [-0.15, -0.1) is 0 Å². The number of hydrogen-bond donors (Lipinski definition) is 1. The van der Waals surface area contributed by atoms with Crippen LogP contribution in [0.3, 0.4) is 0 Å². The summed E-state index contributed by atoms with van der Waals surface area (Å²) in [6.45, 7) is 4.01. The number of carbonyl (C=O) groups excluding carboxylic acids is 1. The highest BCUT2D eigenvalue weighted by molar-refractivity contribution is 7.59. The zero-order chi connectivity index (χ0) is 25.4. The Morgan fingerprint density at radius 2 is 1.94 bits per heavy atom. The number of nitrogens with zero attached hydrogens (tertiary/aromatic N) is 6. The van der Waals surface area contributed by atoms with E-state index in [1.165, 1.54) is 6.07 Å². The number of rotatable bonds is 7. The van der Waals surface area contributed by atoms with Gasteiger partial charge in [0.1, 0.15) is 22.7 Å². The number of methoxy groups -OCH3 is 1. The molecule has 0 spiro atoms. The molecule has 13 heteroatoms. The molecule has 1 amide bonds. The van der Waals surface area contributed by atoms with E-state index in [-0.39, 0.29) is 32.6 Å². The van der Waals surface area contributed by atoms with Gasteiger partial charge in [0.05, 0.1) is 25.0 Å². The lowest BCUT2D eigenvalue weighted by molar-refractivity contribution is -0.141. The molecule has 0 bridgehead atoms. The number of aromatic nitrogens is 5. The summed E-state index contributed by atoms with van der Waals surface area (Å²) in [6, 6.07) is 2.56. The summed E-state index contributed by atoms with van der Waals surface area (Å²) in [7, 11) is 3.35. The third-order valence-corrected chi connectivity index (χ3v) is 6.11. The predicted molar refractivity (Wildman–Crippen MR) is 132 cm³/mol. The second-order valence-electron chi connectivity index (χ2n) is 8.74. The largest absolute Gasteiger partial charge is 0.433 e. The molecule has 0 radical (unpaired) electrons. The Morgan fingerprint density at radius 3 is 2.64 bits per heavy atom. The molecule has 1 aliphatic heterocycles. The molecule has 4 rings (SSSR count). The highest BCUT2D eigenvalue weighted by Gasteiger charge is 2.44. The van der Waals surface area contributed by atoms with Crippen LogP contribution < -0.4 is 10.2 Å². The fraction of sp³-hybridized carbons (Fsp3) is 0.435. The SMILES string of the molecule is COC[C@@]1(C)C(=O)Nc2c(C)nc(CCc3cnn(Cc4ccnc(C(F)(F)F)c4)c3)nc2N1C.S. The number of carbonyl (C=O) groups is 1. The zero-order valence-corrected chi connectivity index (χ0v) is 21.3. The Balaban J connectivity index is 0.00000361. The van der Waals surface area contributed by atoms with Crippen molar-refractivity contribution in [1.82, 2.24) is 24.7 Å². The lowest BCUT2D eigenvalue weighted by Gasteiger charge is -2.42. The van der Waals surface area contributed by atoms with Crippen molar-refractivity contribution in [2.75, 3.05) is 31.0 Å². The molecule has 3 aromatic heterocycles. The molecule has 0 saturated heterocycles. The quantitative estimate of drug-likeness (QED) is 0.508. The number of aryl methyl sites for hydroxylation is 3. The number of anilines is 2. The molecule has 0 saturated carbocycles. The molecule has 3 aromatic rings. The van der Waals surface area contributed by atoms with Crippen LogP contribution in [0.1, 0.15) is 35.3 Å². The lowest BCUT2D eigenvalue weighted by atomic mass is 9.97. The molecule has 0 aliphatic carbocycles. The van der Waals surface area contributed by atoms with Crippen LogP contribution in [0.25, 0.3) is 0 Å². The molecule has 1 aliphatic rings. The van der Waals surface area contributed by atoms with E-state index in [1.54, 1.807) is 38.2 Å². The number of ether oxygens (including phenoxy) is 1. The molecule has 0 fully saturated rings. The van der Waals surface area contributed by atoms with E-state index in [0.29, 0.717) is 41.4 Å². The average molecular weight is 524 g/mol. The van der Waals surface area contributed by atoms with Crippen LogP contribution >= 0.6 is 13.5 Å². The first-order valence-corrected chi connectivity index (χ1v) is 11.0. The molecule has 194 valence electrons. The van der Waals surface area contributed by atoms with Crippen molar-refractivity contribution in [3.8, 4) is 0 Å². The van der Waals surface area contributed by atoms with Gasteiger partial charge in [-0.1, -0.05) is 0 Å². The monoisotopic (exact) mass is 523 g/mol. The summed E-state index contributed by atoms with van der Waals surface area (Å²) in [4.78, 5) is 27.1. The van der Waals surface area contributed by atoms with Gasteiger partial charge in [0.25, 0.3) is 5.91 Å². The molecular formula is C23H28F3N7O2S. The standard InChI is InChI=1S/C23H26F3N7O2.H2S/c1-14-19-20(32(3)22(2,13-35-4)21(34)31-19)30-18(29-14)6-5-16-10-28-33(12-16)11-15-7-8-27-17(9-15)23(24,25)26;/h7-10,12H,5-6,11,13H2,1-4H3,(H,31,34);1H2/t22-;/m0./s1. The number of alkyl halides is 3. The number of halogens is 3. The van der Waals surface area contributed by atoms with Crippen molar-refractivity contribution in [2.24, 2.45) is 0 Å². The molecule has 1 atom stereocenters. The van der Waals surface area contributed by atoms with Gasteiger partial charge in [0.15, 0.2) is 5.82 Å². The van der Waals surface area contributed by atoms with Crippen molar-refractivity contribution in [3.63, 3.8) is 0 Å². The van der Waals surface area contributed by atoms with Crippen molar-refractivity contribution in [2.45, 2.75) is 44.9 Å². The van der Waals surface area contributed by atoms with Gasteiger partial charge >= 0.3 is 6.18 Å². The normalized spacial score (nSPS) is 17.4. The van der Waals surface area contributed by atoms with E-state index >= 15 is 0 Å². The molecule has 9 nitrogen and oxygen atoms in total. The van der Waals surface area contributed by atoms with E-state index in [1.807, 2.05) is 11.8 Å². The summed E-state index contributed by atoms with van der Waals surface area (Å²) in [5.74, 6) is 1.05. The molecule has 36 heavy (non-hydrogen) atoms. The molecule has 4 heterocycles. The number of likely N-dealkylation sites (N-methyl/N-ethyl adjacent to an activating group) is 1. The highest BCUT2D eigenvalue weighted by atomic mass is 32.1. The van der Waals surface area contributed by atoms with E-state index in [9.17, 15) is 18.0 Å². The molecule has 0 unspecified atom stereocenters. The van der Waals surface area contributed by atoms with Gasteiger partial charge in [0, 0.05) is 33.0 Å². The summed E-state index contributed by atoms with van der Waals surface area (Å²) in [5.41, 5.74) is 0.779. The number of hydrogen-bond acceptors (Lipinski definition) is 7. The van der Waals surface area contributed by atoms with Gasteiger partial charge < -0.3 is 15.0 Å². The van der Waals surface area contributed by atoms with Crippen LogP contribution in [0.5, 0.6) is 0 Å². The maximum absolute atomic E-state index is 12.9. The van der Waals surface area contributed by atoms with Crippen LogP contribution in [0.4, 0.5) is 24.7 Å². The molecular weight excluding hydrogens is 495 g/mol. The third-order valence-electron chi connectivity index (χ3n) is 6.11. The van der Waals surface area contributed by atoms with Gasteiger partial charge in [-0.2, -0.15) is 31.8 Å². The number of nitrogens with one attached hydrogen (secondary N) is 1. The second-order valence-corrected chi connectivity index (χ2v) is 8.74. The minimum Gasteiger partial charge on any atom is -0.382 e. The van der Waals surface area contributed by atoms with Crippen molar-refractivity contribution in [3.05, 3.63) is 59.1 Å². The topological polar surface area (TPSA) is 98.1 Å². The van der Waals surface area contributed by atoms with E-state index in [2.05, 4.69) is 20.4 Å². The van der Waals surface area contributed by atoms with Crippen LogP contribution in [0, 0.1) is 6.92 Å². The number of fused-ring (bicyclic) bond motifs is 1. The fourth-order valence-electron chi connectivity index (χ4n) is 3.99. The van der Waals surface area contributed by atoms with Crippen LogP contribution in [-0.2, 0) is 35.1 Å². The summed E-state index contributed by atoms with van der Waals surface area (Å²) in [6.07, 6.45) is 1.25. The van der Waals surface area contributed by atoms with Gasteiger partial charge in [-0.25, -0.2) is 9.97 Å². The lowest BCUT2D eigenvalue weighted by Crippen LogP contribution is -2.59. The Hall–Kier alpha value is -3.19. The Morgan fingerprint density at radius 1 is 1.19 bits per heavy atom. The number of pyridine rings is 1. The van der Waals surface area contributed by atoms with E-state index < -0.39 is 17.4 Å². The summed E-state index contributed by atoms with van der Waals surface area (Å²) >= 11 is 0. The Labute approximate surface area is 213 Å². The first-order chi connectivity index (χ1) is 16.5. The van der Waals surface area contributed by atoms with E-state index in [0.717, 1.165) is 17.8 Å². The van der Waals surface area contributed by atoms with Gasteiger partial charge in [0.2, 0.25) is 0 Å². The first kappa shape index (κ1) is 27.4. The summed E-state index contributed by atoms with van der Waals surface area (Å²) in [5, 5.41) is 7.17. The van der Waals surface area contributed by atoms with Crippen molar-refractivity contribution >= 4 is 30.9 Å². The predicted octanol–water partition coefficient (Wildman–Crippen LogP) is 3.14. The molecule has 1 N–H and O–H groups in total. The highest BCUT2D eigenvalue weighted by Crippen LogP contribution is 2.36. The maximum Gasteiger partial charge on any atom is 0.433 e. The number of amides is 1. The smallest absolute Gasteiger partial charge is 0.382 e. The van der Waals surface area contributed by atoms with Crippen LogP contribution in [-0.4, -0.2) is 56.9 Å². The fourth-order valence-corrected chi connectivity index (χ4v) is 3.99. The van der Waals surface area contributed by atoms with Crippen molar-refractivity contribution in [1.29, 1.82) is 0 Å². The van der Waals surface area contributed by atoms with E-state index in [4.69, 9.17) is 9.72 Å². The van der Waals surface area contributed by atoms with Crippen LogP contribution in [0.15, 0.2) is 30.7 Å². The zero-order valence-electron chi connectivity index (χ0n) is 20.3. The Bertz CT molecular complexity index is 1250. The minimum atomic E-state index is -4.49. The second kappa shape index (κ2) is 10.4. The third kappa shape index (κ3) is 5.46. The van der Waals surface area contributed by atoms with Crippen molar-refractivity contribution < 1.29 is 22.7 Å².